The van der Waals surface area contributed by atoms with Crippen LogP contribution in [0, 0.1) is 0 Å². The molecule has 10 heteroatoms. The first-order valence-electron chi connectivity index (χ1n) is 6.91. The number of halogens is 4. The Kier molecular flexibility index (Phi) is 5.58. The molecule has 1 aromatic carbocycles. The van der Waals surface area contributed by atoms with Gasteiger partial charge in [-0.15, -0.1) is 11.3 Å². The topological polar surface area (TPSA) is 84.2 Å². The Bertz CT molecular complexity index is 808. The highest BCUT2D eigenvalue weighted by molar-refractivity contribution is 7.14. The lowest BCUT2D eigenvalue weighted by Gasteiger charge is -2.15. The molecule has 0 spiro atoms. The Balaban J connectivity index is 2.05. The number of thiophene rings is 1. The van der Waals surface area contributed by atoms with Crippen LogP contribution in [-0.2, 0) is 6.18 Å². The van der Waals surface area contributed by atoms with Gasteiger partial charge in [-0.25, -0.2) is 4.79 Å². The number of alkyl halides is 3. The number of carbonyl (C=O) groups excluding carboxylic acids is 2. The molecule has 0 fully saturated rings. The summed E-state index contributed by atoms with van der Waals surface area (Å²) in [5, 5.41) is 4.43. The van der Waals surface area contributed by atoms with E-state index in [0.717, 1.165) is 23.5 Å². The number of nitrogens with two attached hydrogens (primary N) is 1. The number of nitrogens with one attached hydrogen (secondary N) is 2. The van der Waals surface area contributed by atoms with Crippen molar-refractivity contribution in [3.8, 4) is 0 Å². The molecule has 0 saturated heterocycles. The van der Waals surface area contributed by atoms with Gasteiger partial charge in [0, 0.05) is 10.6 Å². The Morgan fingerprint density at radius 3 is 2.48 bits per heavy atom. The SMILES string of the molecule is CC(NC(=O)Nc1ccc(Cl)c(C(F)(F)F)c1)c1ccc(C(N)=O)s1. The fourth-order valence-corrected chi connectivity index (χ4v) is 3.06. The van der Waals surface area contributed by atoms with Crippen LogP contribution >= 0.6 is 22.9 Å². The van der Waals surface area contributed by atoms with E-state index in [1.807, 2.05) is 0 Å². The van der Waals surface area contributed by atoms with Gasteiger partial charge in [-0.3, -0.25) is 4.79 Å². The predicted octanol–water partition coefficient (Wildman–Crippen LogP) is 4.40. The van der Waals surface area contributed by atoms with Gasteiger partial charge in [0.25, 0.3) is 5.91 Å². The molecular weight excluding hydrogens is 379 g/mol. The average Bonchev–Trinajstić information content (AvgIpc) is 2.98. The summed E-state index contributed by atoms with van der Waals surface area (Å²) >= 11 is 6.65. The fraction of sp³-hybridized carbons (Fsp3) is 0.200. The molecule has 0 aliphatic heterocycles. The highest BCUT2D eigenvalue weighted by Crippen LogP contribution is 2.36. The summed E-state index contributed by atoms with van der Waals surface area (Å²) in [5.41, 5.74) is 4.07. The molecule has 1 aromatic heterocycles. The lowest BCUT2D eigenvalue weighted by molar-refractivity contribution is -0.137. The van der Waals surface area contributed by atoms with Crippen LogP contribution in [0.3, 0.4) is 0 Å². The zero-order valence-corrected chi connectivity index (χ0v) is 14.4. The molecule has 2 rings (SSSR count). The third-order valence-electron chi connectivity index (χ3n) is 3.17. The summed E-state index contributed by atoms with van der Waals surface area (Å²) in [4.78, 5) is 24.1. The number of hydrogen-bond donors (Lipinski definition) is 3. The van der Waals surface area contributed by atoms with Crippen LogP contribution < -0.4 is 16.4 Å². The van der Waals surface area contributed by atoms with Gasteiger partial charge < -0.3 is 16.4 Å². The number of urea groups is 1. The van der Waals surface area contributed by atoms with E-state index in [0.29, 0.717) is 9.75 Å². The maximum atomic E-state index is 12.8. The summed E-state index contributed by atoms with van der Waals surface area (Å²) in [6.45, 7) is 1.67. The first-order valence-corrected chi connectivity index (χ1v) is 8.11. The first-order chi connectivity index (χ1) is 11.6. The van der Waals surface area contributed by atoms with Crippen molar-refractivity contribution in [1.82, 2.24) is 5.32 Å². The van der Waals surface area contributed by atoms with Gasteiger partial charge >= 0.3 is 12.2 Å². The van der Waals surface area contributed by atoms with Gasteiger partial charge in [0.05, 0.1) is 21.5 Å². The van der Waals surface area contributed by atoms with E-state index < -0.39 is 34.7 Å². The maximum absolute atomic E-state index is 12.8. The van der Waals surface area contributed by atoms with E-state index in [1.54, 1.807) is 13.0 Å². The standard InChI is InChI=1S/C15H13ClF3N3O2S/c1-7(11-4-5-12(25-11)13(20)23)21-14(24)22-8-2-3-10(16)9(6-8)15(17,18)19/h2-7H,1H3,(H2,20,23)(H2,21,22,24). The maximum Gasteiger partial charge on any atom is 0.417 e. The summed E-state index contributed by atoms with van der Waals surface area (Å²) in [5.74, 6) is -0.575. The van der Waals surface area contributed by atoms with Gasteiger partial charge in [0.1, 0.15) is 0 Å². The van der Waals surface area contributed by atoms with E-state index in [9.17, 15) is 22.8 Å². The van der Waals surface area contributed by atoms with Crippen LogP contribution in [0.25, 0.3) is 0 Å². The lowest BCUT2D eigenvalue weighted by atomic mass is 10.2. The van der Waals surface area contributed by atoms with E-state index >= 15 is 0 Å². The Morgan fingerprint density at radius 2 is 1.92 bits per heavy atom. The smallest absolute Gasteiger partial charge is 0.365 e. The minimum absolute atomic E-state index is 0.0505. The number of rotatable bonds is 4. The van der Waals surface area contributed by atoms with Crippen molar-refractivity contribution in [1.29, 1.82) is 0 Å². The molecule has 0 aliphatic carbocycles. The van der Waals surface area contributed by atoms with Gasteiger partial charge in [-0.1, -0.05) is 11.6 Å². The second kappa shape index (κ2) is 7.32. The molecule has 2 aromatic rings. The molecular formula is C15H13ClF3N3O2S. The summed E-state index contributed by atoms with van der Waals surface area (Å²) < 4.78 is 38.4. The minimum Gasteiger partial charge on any atom is -0.365 e. The van der Waals surface area contributed by atoms with Gasteiger partial charge in [-0.2, -0.15) is 13.2 Å². The zero-order chi connectivity index (χ0) is 18.8. The molecule has 0 saturated carbocycles. The van der Waals surface area contributed by atoms with Crippen molar-refractivity contribution in [2.45, 2.75) is 19.1 Å². The van der Waals surface area contributed by atoms with Gasteiger partial charge in [0.2, 0.25) is 0 Å². The van der Waals surface area contributed by atoms with Crippen LogP contribution in [0.15, 0.2) is 30.3 Å². The van der Waals surface area contributed by atoms with Crippen LogP contribution in [0.2, 0.25) is 5.02 Å². The summed E-state index contributed by atoms with van der Waals surface area (Å²) in [6.07, 6.45) is -4.62. The fourth-order valence-electron chi connectivity index (χ4n) is 1.97. The van der Waals surface area contributed by atoms with Crippen molar-refractivity contribution >= 4 is 40.6 Å². The average molecular weight is 392 g/mol. The number of primary amides is 1. The van der Waals surface area contributed by atoms with Crippen LogP contribution in [-0.4, -0.2) is 11.9 Å². The monoisotopic (exact) mass is 391 g/mol. The van der Waals surface area contributed by atoms with E-state index in [4.69, 9.17) is 17.3 Å². The third-order valence-corrected chi connectivity index (χ3v) is 4.79. The molecule has 25 heavy (non-hydrogen) atoms. The molecule has 0 radical (unpaired) electrons. The van der Waals surface area contributed by atoms with Crippen molar-refractivity contribution in [3.05, 3.63) is 50.7 Å². The molecule has 3 amide bonds. The van der Waals surface area contributed by atoms with Gasteiger partial charge in [-0.05, 0) is 37.3 Å². The Morgan fingerprint density at radius 1 is 1.24 bits per heavy atom. The molecule has 4 N–H and O–H groups in total. The predicted molar refractivity (Wildman–Crippen MR) is 89.9 cm³/mol. The number of hydrogen-bond acceptors (Lipinski definition) is 3. The quantitative estimate of drug-likeness (QED) is 0.721. The van der Waals surface area contributed by atoms with Crippen LogP contribution in [0.4, 0.5) is 23.7 Å². The van der Waals surface area contributed by atoms with Crippen molar-refractivity contribution in [2.75, 3.05) is 5.32 Å². The minimum atomic E-state index is -4.62. The highest BCUT2D eigenvalue weighted by Gasteiger charge is 2.33. The number of amides is 3. The molecule has 1 heterocycles. The van der Waals surface area contributed by atoms with Crippen LogP contribution in [0.1, 0.15) is 33.1 Å². The molecule has 1 unspecified atom stereocenters. The zero-order valence-electron chi connectivity index (χ0n) is 12.8. The van der Waals surface area contributed by atoms with Crippen molar-refractivity contribution in [2.24, 2.45) is 5.73 Å². The normalized spacial score (nSPS) is 12.5. The van der Waals surface area contributed by atoms with E-state index in [-0.39, 0.29) is 5.69 Å². The van der Waals surface area contributed by atoms with Crippen molar-refractivity contribution < 1.29 is 22.8 Å². The molecule has 0 aliphatic rings. The molecule has 134 valence electrons. The number of benzene rings is 1. The highest BCUT2D eigenvalue weighted by atomic mass is 35.5. The van der Waals surface area contributed by atoms with Crippen molar-refractivity contribution in [3.63, 3.8) is 0 Å². The lowest BCUT2D eigenvalue weighted by Crippen LogP contribution is -2.30. The molecule has 1 atom stereocenters. The first kappa shape index (κ1) is 19.1. The molecule has 0 bridgehead atoms. The summed E-state index contributed by atoms with van der Waals surface area (Å²) in [7, 11) is 0. The summed E-state index contributed by atoms with van der Waals surface area (Å²) in [6, 6.07) is 5.08. The second-order valence-corrected chi connectivity index (χ2v) is 6.60. The van der Waals surface area contributed by atoms with Crippen LogP contribution in [0.5, 0.6) is 0 Å². The third kappa shape index (κ3) is 4.86. The van der Waals surface area contributed by atoms with E-state index in [2.05, 4.69) is 10.6 Å². The number of carbonyl (C=O) groups is 2. The largest absolute Gasteiger partial charge is 0.417 e. The number of anilines is 1. The van der Waals surface area contributed by atoms with Gasteiger partial charge in [0.15, 0.2) is 0 Å². The Labute approximate surface area is 150 Å². The second-order valence-electron chi connectivity index (χ2n) is 5.08. The Hall–Kier alpha value is -2.26. The van der Waals surface area contributed by atoms with E-state index in [1.165, 1.54) is 12.1 Å². The molecule has 5 nitrogen and oxygen atoms in total.